The second kappa shape index (κ2) is 4.83. The highest BCUT2D eigenvalue weighted by molar-refractivity contribution is 5.88. The van der Waals surface area contributed by atoms with E-state index >= 15 is 0 Å². The van der Waals surface area contributed by atoms with Crippen molar-refractivity contribution in [2.24, 2.45) is 0 Å². The van der Waals surface area contributed by atoms with Crippen molar-refractivity contribution < 1.29 is 0 Å². The molecule has 19 heavy (non-hydrogen) atoms. The molecule has 1 aromatic heterocycles. The number of nitriles is 1. The molecule has 0 aliphatic carbocycles. The number of aromatic nitrogens is 1. The number of benzene rings is 2. The molecule has 2 nitrogen and oxygen atoms in total. The van der Waals surface area contributed by atoms with Crippen LogP contribution in [-0.2, 0) is 0 Å². The lowest BCUT2D eigenvalue weighted by Crippen LogP contribution is -1.87. The van der Waals surface area contributed by atoms with E-state index in [1.165, 1.54) is 5.39 Å². The lowest BCUT2D eigenvalue weighted by Gasteiger charge is -2.07. The van der Waals surface area contributed by atoms with Crippen molar-refractivity contribution in [2.75, 3.05) is 0 Å². The third-order valence-electron chi connectivity index (χ3n) is 3.16. The summed E-state index contributed by atoms with van der Waals surface area (Å²) in [6, 6.07) is 20.3. The van der Waals surface area contributed by atoms with E-state index < -0.39 is 0 Å². The van der Waals surface area contributed by atoms with Gasteiger partial charge in [-0.3, -0.25) is 0 Å². The summed E-state index contributed by atoms with van der Waals surface area (Å²) in [7, 11) is 0. The summed E-state index contributed by atoms with van der Waals surface area (Å²) >= 11 is 0. The Bertz CT molecular complexity index is 774. The SMILES string of the molecule is N#CC=C(c1ccccc1)c1ccc2cc[nH]c2c1. The number of nitrogens with one attached hydrogen (secondary N) is 1. The van der Waals surface area contributed by atoms with Gasteiger partial charge in [-0.2, -0.15) is 5.26 Å². The number of fused-ring (bicyclic) bond motifs is 1. The zero-order valence-corrected chi connectivity index (χ0v) is 10.3. The van der Waals surface area contributed by atoms with Gasteiger partial charge in [-0.1, -0.05) is 42.5 Å². The standard InChI is InChI=1S/C17H12N2/c18-10-8-16(13-4-2-1-3-5-13)15-7-6-14-9-11-19-17(14)12-15/h1-9,11-12,19H. The van der Waals surface area contributed by atoms with E-state index in [0.717, 1.165) is 22.2 Å². The number of aromatic amines is 1. The Morgan fingerprint density at radius 1 is 1.00 bits per heavy atom. The van der Waals surface area contributed by atoms with Crippen LogP contribution in [0.2, 0.25) is 0 Å². The molecule has 0 aliphatic heterocycles. The van der Waals surface area contributed by atoms with E-state index in [0.29, 0.717) is 0 Å². The third-order valence-corrected chi connectivity index (χ3v) is 3.16. The molecule has 0 aliphatic rings. The van der Waals surface area contributed by atoms with Crippen molar-refractivity contribution in [3.8, 4) is 6.07 Å². The first kappa shape index (κ1) is 11.3. The highest BCUT2D eigenvalue weighted by Crippen LogP contribution is 2.25. The zero-order valence-electron chi connectivity index (χ0n) is 10.3. The van der Waals surface area contributed by atoms with Gasteiger partial charge < -0.3 is 4.98 Å². The van der Waals surface area contributed by atoms with Gasteiger partial charge in [-0.15, -0.1) is 0 Å². The maximum atomic E-state index is 9.00. The van der Waals surface area contributed by atoms with Gasteiger partial charge in [0.2, 0.25) is 0 Å². The molecule has 0 saturated heterocycles. The molecule has 90 valence electrons. The molecule has 0 amide bonds. The van der Waals surface area contributed by atoms with Gasteiger partial charge in [0.1, 0.15) is 0 Å². The Hall–Kier alpha value is -2.79. The summed E-state index contributed by atoms with van der Waals surface area (Å²) in [6.45, 7) is 0. The van der Waals surface area contributed by atoms with Gasteiger partial charge in [-0.05, 0) is 34.2 Å². The second-order valence-electron chi connectivity index (χ2n) is 4.33. The molecule has 0 atom stereocenters. The highest BCUT2D eigenvalue weighted by Gasteiger charge is 2.05. The topological polar surface area (TPSA) is 39.6 Å². The van der Waals surface area contributed by atoms with Crippen LogP contribution in [0, 0.1) is 11.3 Å². The first-order chi connectivity index (χ1) is 9.38. The Morgan fingerprint density at radius 2 is 1.84 bits per heavy atom. The van der Waals surface area contributed by atoms with Crippen molar-refractivity contribution in [1.82, 2.24) is 4.98 Å². The van der Waals surface area contributed by atoms with Gasteiger partial charge in [0, 0.05) is 17.8 Å². The molecular formula is C17H12N2. The molecule has 1 heterocycles. The fraction of sp³-hybridized carbons (Fsp3) is 0. The fourth-order valence-corrected chi connectivity index (χ4v) is 2.23. The van der Waals surface area contributed by atoms with Crippen molar-refractivity contribution in [1.29, 1.82) is 5.26 Å². The van der Waals surface area contributed by atoms with Gasteiger partial charge in [0.15, 0.2) is 0 Å². The summed E-state index contributed by atoms with van der Waals surface area (Å²) in [6.07, 6.45) is 3.52. The van der Waals surface area contributed by atoms with Crippen molar-refractivity contribution >= 4 is 16.5 Å². The predicted molar refractivity (Wildman–Crippen MR) is 77.4 cm³/mol. The third kappa shape index (κ3) is 2.14. The van der Waals surface area contributed by atoms with Crippen LogP contribution in [0.1, 0.15) is 11.1 Å². The van der Waals surface area contributed by atoms with Gasteiger partial charge in [0.25, 0.3) is 0 Å². The minimum absolute atomic E-state index is 0.944. The molecule has 3 rings (SSSR count). The molecule has 0 radical (unpaired) electrons. The Balaban J connectivity index is 2.15. The maximum Gasteiger partial charge on any atom is 0.0918 e. The average molecular weight is 244 g/mol. The fourth-order valence-electron chi connectivity index (χ4n) is 2.23. The lowest BCUT2D eigenvalue weighted by atomic mass is 9.97. The van der Waals surface area contributed by atoms with Gasteiger partial charge in [-0.25, -0.2) is 0 Å². The van der Waals surface area contributed by atoms with Crippen LogP contribution in [0.4, 0.5) is 0 Å². The van der Waals surface area contributed by atoms with Crippen LogP contribution in [0.5, 0.6) is 0 Å². The first-order valence-electron chi connectivity index (χ1n) is 6.11. The van der Waals surface area contributed by atoms with E-state index in [2.05, 4.69) is 23.2 Å². The molecule has 0 fully saturated rings. The van der Waals surface area contributed by atoms with E-state index in [1.54, 1.807) is 6.08 Å². The Morgan fingerprint density at radius 3 is 2.63 bits per heavy atom. The quantitative estimate of drug-likeness (QED) is 0.676. The summed E-state index contributed by atoms with van der Waals surface area (Å²) in [4.78, 5) is 3.20. The highest BCUT2D eigenvalue weighted by atomic mass is 14.7. The average Bonchev–Trinajstić information content (AvgIpc) is 2.93. The van der Waals surface area contributed by atoms with E-state index in [-0.39, 0.29) is 0 Å². The molecule has 1 N–H and O–H groups in total. The monoisotopic (exact) mass is 244 g/mol. The second-order valence-corrected chi connectivity index (χ2v) is 4.33. The Labute approximate surface area is 111 Å². The number of hydrogen-bond acceptors (Lipinski definition) is 1. The minimum Gasteiger partial charge on any atom is -0.361 e. The van der Waals surface area contributed by atoms with Crippen molar-refractivity contribution in [2.45, 2.75) is 0 Å². The Kier molecular flexibility index (Phi) is 2.88. The van der Waals surface area contributed by atoms with Gasteiger partial charge in [0.05, 0.1) is 6.07 Å². The van der Waals surface area contributed by atoms with E-state index in [9.17, 15) is 0 Å². The normalized spacial score (nSPS) is 11.4. The van der Waals surface area contributed by atoms with Crippen molar-refractivity contribution in [3.05, 3.63) is 78.0 Å². The molecular weight excluding hydrogens is 232 g/mol. The number of hydrogen-bond donors (Lipinski definition) is 1. The molecule has 3 aromatic rings. The molecule has 0 unspecified atom stereocenters. The smallest absolute Gasteiger partial charge is 0.0918 e. The van der Waals surface area contributed by atoms with E-state index in [1.807, 2.05) is 48.7 Å². The van der Waals surface area contributed by atoms with Crippen molar-refractivity contribution in [3.63, 3.8) is 0 Å². The maximum absolute atomic E-state index is 9.00. The number of H-pyrrole nitrogens is 1. The summed E-state index contributed by atoms with van der Waals surface area (Å²) in [5.74, 6) is 0. The van der Waals surface area contributed by atoms with Crippen LogP contribution in [0.25, 0.3) is 16.5 Å². The number of allylic oxidation sites excluding steroid dienone is 1. The van der Waals surface area contributed by atoms with Crippen LogP contribution >= 0.6 is 0 Å². The molecule has 2 aromatic carbocycles. The van der Waals surface area contributed by atoms with E-state index in [4.69, 9.17) is 5.26 Å². The summed E-state index contributed by atoms with van der Waals surface area (Å²) < 4.78 is 0. The predicted octanol–water partition coefficient (Wildman–Crippen LogP) is 4.12. The summed E-state index contributed by atoms with van der Waals surface area (Å²) in [5, 5.41) is 10.2. The molecule has 0 spiro atoms. The molecule has 2 heteroatoms. The molecule has 0 saturated carbocycles. The zero-order chi connectivity index (χ0) is 13.1. The van der Waals surface area contributed by atoms with Crippen LogP contribution in [0.15, 0.2) is 66.9 Å². The number of nitrogens with zero attached hydrogens (tertiary/aromatic N) is 1. The molecule has 0 bridgehead atoms. The number of rotatable bonds is 2. The summed E-state index contributed by atoms with van der Waals surface area (Å²) in [5.41, 5.74) is 4.12. The van der Waals surface area contributed by atoms with Crippen LogP contribution < -0.4 is 0 Å². The van der Waals surface area contributed by atoms with Crippen LogP contribution in [0.3, 0.4) is 0 Å². The van der Waals surface area contributed by atoms with Crippen LogP contribution in [-0.4, -0.2) is 4.98 Å². The van der Waals surface area contributed by atoms with Gasteiger partial charge >= 0.3 is 0 Å². The lowest BCUT2D eigenvalue weighted by molar-refractivity contribution is 1.47. The largest absolute Gasteiger partial charge is 0.361 e. The minimum atomic E-state index is 0.944. The first-order valence-corrected chi connectivity index (χ1v) is 6.11.